The number of rotatable bonds is 3. The first-order valence-electron chi connectivity index (χ1n) is 9.48. The third kappa shape index (κ3) is 3.30. The molecule has 0 aliphatic heterocycles. The highest BCUT2D eigenvalue weighted by molar-refractivity contribution is 6.32. The lowest BCUT2D eigenvalue weighted by atomic mass is 10.0. The van der Waals surface area contributed by atoms with Crippen LogP contribution in [0.3, 0.4) is 0 Å². The molecule has 156 valence electrons. The summed E-state index contributed by atoms with van der Waals surface area (Å²) >= 11 is 12.2. The van der Waals surface area contributed by atoms with E-state index in [2.05, 4.69) is 21.3 Å². The molecule has 6 nitrogen and oxygen atoms in total. The maximum absolute atomic E-state index is 14.4. The van der Waals surface area contributed by atoms with Crippen molar-refractivity contribution in [3.8, 4) is 17.2 Å². The van der Waals surface area contributed by atoms with Gasteiger partial charge in [0.1, 0.15) is 24.0 Å². The van der Waals surface area contributed by atoms with Crippen LogP contribution in [0.15, 0.2) is 60.9 Å². The zero-order chi connectivity index (χ0) is 22.4. The largest absolute Gasteiger partial charge is 0.329 e. The molecule has 0 amide bonds. The van der Waals surface area contributed by atoms with E-state index in [1.807, 2.05) is 42.3 Å². The third-order valence-corrected chi connectivity index (χ3v) is 5.85. The molecule has 3 aromatic carbocycles. The average Bonchev–Trinajstić information content (AvgIpc) is 3.28. The van der Waals surface area contributed by atoms with E-state index in [1.54, 1.807) is 16.5 Å². The highest BCUT2D eigenvalue weighted by atomic mass is 35.5. The Labute approximate surface area is 192 Å². The minimum atomic E-state index is -0.538. The Bertz CT molecular complexity index is 1560. The van der Waals surface area contributed by atoms with Gasteiger partial charge in [0.05, 0.1) is 21.1 Å². The number of halogens is 3. The van der Waals surface area contributed by atoms with Crippen LogP contribution >= 0.6 is 23.2 Å². The molecule has 32 heavy (non-hydrogen) atoms. The van der Waals surface area contributed by atoms with Crippen molar-refractivity contribution in [2.75, 3.05) is 11.9 Å². The van der Waals surface area contributed by atoms with E-state index in [0.717, 1.165) is 16.8 Å². The molecule has 0 atom stereocenters. The van der Waals surface area contributed by atoms with Gasteiger partial charge in [0.25, 0.3) is 5.78 Å². The standard InChI is InChI=1S/C23H13Cl2FN6/c1-31(16-4-2-3-13(7-16)14-5-6-15(11-27)18(24)8-14)22-17-9-20(26)19(25)10-21(17)32-12-28-30-23(32)29-22/h2-10,12H,1H3. The lowest BCUT2D eigenvalue weighted by molar-refractivity contribution is 0.630. The van der Waals surface area contributed by atoms with Crippen LogP contribution in [0, 0.1) is 17.1 Å². The van der Waals surface area contributed by atoms with E-state index >= 15 is 0 Å². The topological polar surface area (TPSA) is 70.1 Å². The molecule has 2 heterocycles. The van der Waals surface area contributed by atoms with Crippen molar-refractivity contribution in [2.24, 2.45) is 0 Å². The van der Waals surface area contributed by atoms with E-state index < -0.39 is 5.82 Å². The summed E-state index contributed by atoms with van der Waals surface area (Å²) in [6.07, 6.45) is 1.51. The smallest absolute Gasteiger partial charge is 0.257 e. The van der Waals surface area contributed by atoms with Crippen molar-refractivity contribution in [3.63, 3.8) is 0 Å². The van der Waals surface area contributed by atoms with Crippen LogP contribution in [-0.2, 0) is 0 Å². The Balaban J connectivity index is 1.65. The number of hydrogen-bond donors (Lipinski definition) is 0. The Kier molecular flexibility index (Phi) is 4.89. The molecule has 5 rings (SSSR count). The Morgan fingerprint density at radius 2 is 1.84 bits per heavy atom. The quantitative estimate of drug-likeness (QED) is 0.327. The van der Waals surface area contributed by atoms with Crippen LogP contribution in [-0.4, -0.2) is 26.6 Å². The molecule has 2 aromatic heterocycles. The number of fused-ring (bicyclic) bond motifs is 3. The van der Waals surface area contributed by atoms with Gasteiger partial charge >= 0.3 is 0 Å². The van der Waals surface area contributed by atoms with Gasteiger partial charge in [-0.25, -0.2) is 4.39 Å². The molecule has 0 saturated heterocycles. The first-order chi connectivity index (χ1) is 15.5. The van der Waals surface area contributed by atoms with Gasteiger partial charge in [-0.1, -0.05) is 41.4 Å². The van der Waals surface area contributed by atoms with Gasteiger partial charge in [0.2, 0.25) is 0 Å². The lowest BCUT2D eigenvalue weighted by Gasteiger charge is -2.21. The Morgan fingerprint density at radius 3 is 2.62 bits per heavy atom. The number of anilines is 2. The number of nitrogens with zero attached hydrogens (tertiary/aromatic N) is 6. The summed E-state index contributed by atoms with van der Waals surface area (Å²) in [5.74, 6) is 0.340. The van der Waals surface area contributed by atoms with Crippen LogP contribution in [0.5, 0.6) is 0 Å². The zero-order valence-electron chi connectivity index (χ0n) is 16.6. The molecule has 0 radical (unpaired) electrons. The second-order valence-electron chi connectivity index (χ2n) is 7.14. The number of hydrogen-bond acceptors (Lipinski definition) is 5. The molecule has 0 fully saturated rings. The molecular formula is C23H13Cl2FN6. The molecule has 0 unspecified atom stereocenters. The predicted molar refractivity (Wildman–Crippen MR) is 123 cm³/mol. The maximum Gasteiger partial charge on any atom is 0.257 e. The second kappa shape index (κ2) is 7.75. The van der Waals surface area contributed by atoms with E-state index in [-0.39, 0.29) is 5.02 Å². The molecule has 0 N–H and O–H groups in total. The Morgan fingerprint density at radius 1 is 1.03 bits per heavy atom. The number of benzene rings is 3. The molecule has 5 aromatic rings. The minimum absolute atomic E-state index is 0.00648. The minimum Gasteiger partial charge on any atom is -0.329 e. The Hall–Kier alpha value is -3.73. The van der Waals surface area contributed by atoms with E-state index in [4.69, 9.17) is 28.5 Å². The summed E-state index contributed by atoms with van der Waals surface area (Å²) in [5, 5.41) is 18.0. The van der Waals surface area contributed by atoms with E-state index in [0.29, 0.717) is 33.1 Å². The van der Waals surface area contributed by atoms with Gasteiger partial charge < -0.3 is 4.90 Å². The van der Waals surface area contributed by atoms with Crippen molar-refractivity contribution in [1.29, 1.82) is 5.26 Å². The fraction of sp³-hybridized carbons (Fsp3) is 0.0435. The summed E-state index contributed by atoms with van der Waals surface area (Å²) < 4.78 is 16.0. The summed E-state index contributed by atoms with van der Waals surface area (Å²) in [4.78, 5) is 6.44. The zero-order valence-corrected chi connectivity index (χ0v) is 18.1. The summed E-state index contributed by atoms with van der Waals surface area (Å²) in [5.41, 5.74) is 3.65. The molecule has 0 saturated carbocycles. The van der Waals surface area contributed by atoms with Crippen molar-refractivity contribution in [2.45, 2.75) is 0 Å². The molecule has 0 aliphatic rings. The van der Waals surface area contributed by atoms with Gasteiger partial charge in [-0.15, -0.1) is 10.2 Å². The first kappa shape index (κ1) is 20.2. The average molecular weight is 463 g/mol. The van der Waals surface area contributed by atoms with Gasteiger partial charge in [-0.2, -0.15) is 10.2 Å². The third-order valence-electron chi connectivity index (χ3n) is 5.25. The van der Waals surface area contributed by atoms with Gasteiger partial charge in [0.15, 0.2) is 0 Å². The molecule has 0 bridgehead atoms. The molecule has 0 aliphatic carbocycles. The van der Waals surface area contributed by atoms with Gasteiger partial charge in [0, 0.05) is 18.1 Å². The van der Waals surface area contributed by atoms with Crippen molar-refractivity contribution in [3.05, 3.63) is 82.4 Å². The van der Waals surface area contributed by atoms with Gasteiger partial charge in [-0.3, -0.25) is 4.40 Å². The van der Waals surface area contributed by atoms with Crippen LogP contribution in [0.2, 0.25) is 10.0 Å². The van der Waals surface area contributed by atoms with Crippen LogP contribution in [0.4, 0.5) is 15.9 Å². The van der Waals surface area contributed by atoms with Crippen molar-refractivity contribution >= 4 is 51.4 Å². The van der Waals surface area contributed by atoms with E-state index in [1.165, 1.54) is 18.5 Å². The predicted octanol–water partition coefficient (Wildman–Crippen LogP) is 6.03. The van der Waals surface area contributed by atoms with Crippen molar-refractivity contribution < 1.29 is 4.39 Å². The molecule has 9 heteroatoms. The number of aromatic nitrogens is 4. The summed E-state index contributed by atoms with van der Waals surface area (Å²) in [6, 6.07) is 18.0. The SMILES string of the molecule is CN(c1cccc(-c2ccc(C#N)c(Cl)c2)c1)c1nc2nncn2c2cc(Cl)c(F)cc12. The lowest BCUT2D eigenvalue weighted by Crippen LogP contribution is -2.13. The molecular weight excluding hydrogens is 450 g/mol. The monoisotopic (exact) mass is 462 g/mol. The first-order valence-corrected chi connectivity index (χ1v) is 10.2. The normalized spacial score (nSPS) is 11.1. The summed E-state index contributed by atoms with van der Waals surface area (Å²) in [6.45, 7) is 0. The fourth-order valence-electron chi connectivity index (χ4n) is 3.60. The van der Waals surface area contributed by atoms with Gasteiger partial charge in [-0.05, 0) is 47.5 Å². The fourth-order valence-corrected chi connectivity index (χ4v) is 3.98. The maximum atomic E-state index is 14.4. The van der Waals surface area contributed by atoms with E-state index in [9.17, 15) is 4.39 Å². The highest BCUT2D eigenvalue weighted by Crippen LogP contribution is 2.34. The van der Waals surface area contributed by atoms with Crippen LogP contribution in [0.1, 0.15) is 5.56 Å². The highest BCUT2D eigenvalue weighted by Gasteiger charge is 2.17. The number of nitriles is 1. The second-order valence-corrected chi connectivity index (χ2v) is 7.95. The van der Waals surface area contributed by atoms with Crippen LogP contribution < -0.4 is 4.90 Å². The summed E-state index contributed by atoms with van der Waals surface area (Å²) in [7, 11) is 1.84. The molecule has 0 spiro atoms. The van der Waals surface area contributed by atoms with Crippen LogP contribution in [0.25, 0.3) is 27.8 Å². The van der Waals surface area contributed by atoms with Crippen molar-refractivity contribution in [1.82, 2.24) is 19.6 Å².